The Hall–Kier alpha value is -2.31. The van der Waals surface area contributed by atoms with Crippen LogP contribution >= 0.6 is 0 Å². The number of ether oxygens (including phenoxy) is 3. The van der Waals surface area contributed by atoms with E-state index in [9.17, 15) is 9.50 Å². The average Bonchev–Trinajstić information content (AvgIpc) is 2.61. The molecule has 128 valence electrons. The molecule has 2 aromatic rings. The molecule has 0 fully saturated rings. The second-order valence-corrected chi connectivity index (χ2v) is 5.55. The molecule has 24 heavy (non-hydrogen) atoms. The van der Waals surface area contributed by atoms with E-state index in [1.54, 1.807) is 12.1 Å². The first-order valence-corrected chi connectivity index (χ1v) is 7.87. The second kappa shape index (κ2) is 7.99. The zero-order valence-corrected chi connectivity index (χ0v) is 13.2. The van der Waals surface area contributed by atoms with Crippen molar-refractivity contribution in [3.63, 3.8) is 0 Å². The third-order valence-electron chi connectivity index (χ3n) is 3.59. The summed E-state index contributed by atoms with van der Waals surface area (Å²) in [6, 6.07) is 13.6. The minimum Gasteiger partial charge on any atom is -0.488 e. The average molecular weight is 333 g/mol. The quantitative estimate of drug-likeness (QED) is 0.812. The van der Waals surface area contributed by atoms with E-state index in [2.05, 4.69) is 5.32 Å². The lowest BCUT2D eigenvalue weighted by atomic mass is 10.2. The van der Waals surface area contributed by atoms with E-state index in [1.165, 1.54) is 12.1 Å². The monoisotopic (exact) mass is 333 g/mol. The summed E-state index contributed by atoms with van der Waals surface area (Å²) in [5.74, 6) is 1.16. The summed E-state index contributed by atoms with van der Waals surface area (Å²) in [4.78, 5) is 0. The van der Waals surface area contributed by atoms with Crippen molar-refractivity contribution in [1.29, 1.82) is 0 Å². The van der Waals surface area contributed by atoms with Crippen LogP contribution in [0.15, 0.2) is 48.5 Å². The number of rotatable bonds is 7. The Bertz CT molecular complexity index is 667. The fraction of sp³-hybridized carbons (Fsp3) is 0.333. The van der Waals surface area contributed by atoms with Gasteiger partial charge in [-0.05, 0) is 24.3 Å². The van der Waals surface area contributed by atoms with Gasteiger partial charge >= 0.3 is 0 Å². The zero-order valence-electron chi connectivity index (χ0n) is 13.2. The van der Waals surface area contributed by atoms with Crippen LogP contribution in [0.2, 0.25) is 0 Å². The molecular formula is C18H20FNO4. The SMILES string of the molecule is O[C@@H](CNC[C@H]1COc2ccccc2O1)COc1ccccc1F. The summed E-state index contributed by atoms with van der Waals surface area (Å²) in [5, 5.41) is 13.0. The molecule has 0 radical (unpaired) electrons. The maximum atomic E-state index is 13.4. The zero-order chi connectivity index (χ0) is 16.8. The number of aliphatic hydroxyl groups is 1. The number of aliphatic hydroxyl groups excluding tert-OH is 1. The molecule has 0 spiro atoms. The van der Waals surface area contributed by atoms with E-state index in [0.29, 0.717) is 19.7 Å². The number of fused-ring (bicyclic) bond motifs is 1. The van der Waals surface area contributed by atoms with Crippen molar-refractivity contribution >= 4 is 0 Å². The summed E-state index contributed by atoms with van der Waals surface area (Å²) in [6.45, 7) is 1.31. The summed E-state index contributed by atoms with van der Waals surface area (Å²) < 4.78 is 30.1. The van der Waals surface area contributed by atoms with Crippen LogP contribution in [0.1, 0.15) is 0 Å². The van der Waals surface area contributed by atoms with Crippen molar-refractivity contribution in [2.45, 2.75) is 12.2 Å². The third-order valence-corrected chi connectivity index (χ3v) is 3.59. The van der Waals surface area contributed by atoms with Crippen LogP contribution in [-0.2, 0) is 0 Å². The molecule has 0 aromatic heterocycles. The summed E-state index contributed by atoms with van der Waals surface area (Å²) in [5.41, 5.74) is 0. The van der Waals surface area contributed by atoms with Gasteiger partial charge in [0.05, 0.1) is 0 Å². The molecule has 1 aliphatic heterocycles. The van der Waals surface area contributed by atoms with E-state index >= 15 is 0 Å². The summed E-state index contributed by atoms with van der Waals surface area (Å²) in [7, 11) is 0. The lowest BCUT2D eigenvalue weighted by Gasteiger charge is -2.27. The third kappa shape index (κ3) is 4.37. The van der Waals surface area contributed by atoms with Crippen molar-refractivity contribution in [2.75, 3.05) is 26.3 Å². The normalized spacial score (nSPS) is 17.3. The largest absolute Gasteiger partial charge is 0.488 e. The molecule has 6 heteroatoms. The van der Waals surface area contributed by atoms with Crippen molar-refractivity contribution in [3.8, 4) is 17.2 Å². The molecule has 0 unspecified atom stereocenters. The van der Waals surface area contributed by atoms with Gasteiger partial charge in [-0.3, -0.25) is 0 Å². The van der Waals surface area contributed by atoms with Gasteiger partial charge in [0.25, 0.3) is 0 Å². The van der Waals surface area contributed by atoms with Gasteiger partial charge in [0.15, 0.2) is 23.1 Å². The summed E-state index contributed by atoms with van der Waals surface area (Å²) >= 11 is 0. The maximum absolute atomic E-state index is 13.4. The topological polar surface area (TPSA) is 60.0 Å². The predicted molar refractivity (Wildman–Crippen MR) is 87.1 cm³/mol. The Morgan fingerprint density at radius 3 is 2.75 bits per heavy atom. The molecule has 5 nitrogen and oxygen atoms in total. The Morgan fingerprint density at radius 1 is 1.17 bits per heavy atom. The molecule has 1 heterocycles. The molecular weight excluding hydrogens is 313 g/mol. The van der Waals surface area contributed by atoms with Gasteiger partial charge in [-0.15, -0.1) is 0 Å². The highest BCUT2D eigenvalue weighted by molar-refractivity contribution is 5.40. The lowest BCUT2D eigenvalue weighted by Crippen LogP contribution is -2.41. The Labute approximate surface area is 140 Å². The van der Waals surface area contributed by atoms with Crippen molar-refractivity contribution in [3.05, 3.63) is 54.3 Å². The van der Waals surface area contributed by atoms with Crippen LogP contribution in [-0.4, -0.2) is 43.6 Å². The number of hydrogen-bond donors (Lipinski definition) is 2. The van der Waals surface area contributed by atoms with Crippen LogP contribution in [0.4, 0.5) is 4.39 Å². The smallest absolute Gasteiger partial charge is 0.165 e. The minimum absolute atomic E-state index is 0.0127. The van der Waals surface area contributed by atoms with Crippen LogP contribution in [0.25, 0.3) is 0 Å². The number of nitrogens with one attached hydrogen (secondary N) is 1. The molecule has 1 aliphatic rings. The van der Waals surface area contributed by atoms with Gasteiger partial charge in [0, 0.05) is 13.1 Å². The Morgan fingerprint density at radius 2 is 1.92 bits per heavy atom. The highest BCUT2D eigenvalue weighted by Gasteiger charge is 2.20. The first kappa shape index (κ1) is 16.5. The van der Waals surface area contributed by atoms with E-state index in [0.717, 1.165) is 11.5 Å². The lowest BCUT2D eigenvalue weighted by molar-refractivity contribution is 0.0772. The molecule has 0 saturated carbocycles. The highest BCUT2D eigenvalue weighted by Crippen LogP contribution is 2.30. The van der Waals surface area contributed by atoms with Crippen LogP contribution < -0.4 is 19.5 Å². The van der Waals surface area contributed by atoms with Gasteiger partial charge in [0.1, 0.15) is 25.4 Å². The fourth-order valence-corrected chi connectivity index (χ4v) is 2.38. The molecule has 0 bridgehead atoms. The number of halogens is 1. The van der Waals surface area contributed by atoms with Crippen molar-refractivity contribution in [1.82, 2.24) is 5.32 Å². The molecule has 2 N–H and O–H groups in total. The van der Waals surface area contributed by atoms with E-state index in [1.807, 2.05) is 24.3 Å². The Balaban J connectivity index is 1.37. The van der Waals surface area contributed by atoms with E-state index in [4.69, 9.17) is 14.2 Å². The van der Waals surface area contributed by atoms with Crippen LogP contribution in [0, 0.1) is 5.82 Å². The standard InChI is InChI=1S/C18H20FNO4/c19-15-5-1-2-6-16(15)22-11-13(21)9-20-10-14-12-23-17-7-3-4-8-18(17)24-14/h1-8,13-14,20-21H,9-12H2/t13-,14-/m0/s1. The van der Waals surface area contributed by atoms with Crippen LogP contribution in [0.5, 0.6) is 17.2 Å². The molecule has 2 aromatic carbocycles. The predicted octanol–water partition coefficient (Wildman–Crippen LogP) is 1.99. The van der Waals surface area contributed by atoms with Gasteiger partial charge in [-0.25, -0.2) is 4.39 Å². The molecule has 0 saturated heterocycles. The molecule has 0 aliphatic carbocycles. The second-order valence-electron chi connectivity index (χ2n) is 5.55. The summed E-state index contributed by atoms with van der Waals surface area (Å²) in [6.07, 6.45) is -0.874. The fourth-order valence-electron chi connectivity index (χ4n) is 2.38. The first-order chi connectivity index (χ1) is 11.7. The van der Waals surface area contributed by atoms with Crippen molar-refractivity contribution < 1.29 is 23.7 Å². The van der Waals surface area contributed by atoms with Gasteiger partial charge in [-0.2, -0.15) is 0 Å². The first-order valence-electron chi connectivity index (χ1n) is 7.87. The Kier molecular flexibility index (Phi) is 5.51. The highest BCUT2D eigenvalue weighted by atomic mass is 19.1. The van der Waals surface area contributed by atoms with E-state index < -0.39 is 11.9 Å². The molecule has 2 atom stereocenters. The number of para-hydroxylation sites is 3. The van der Waals surface area contributed by atoms with Gasteiger partial charge < -0.3 is 24.6 Å². The maximum Gasteiger partial charge on any atom is 0.165 e. The minimum atomic E-state index is -0.749. The van der Waals surface area contributed by atoms with Crippen molar-refractivity contribution in [2.24, 2.45) is 0 Å². The molecule has 0 amide bonds. The van der Waals surface area contributed by atoms with Gasteiger partial charge in [-0.1, -0.05) is 24.3 Å². The van der Waals surface area contributed by atoms with Gasteiger partial charge in [0.2, 0.25) is 0 Å². The van der Waals surface area contributed by atoms with Crippen LogP contribution in [0.3, 0.4) is 0 Å². The van der Waals surface area contributed by atoms with E-state index in [-0.39, 0.29) is 18.5 Å². The number of hydrogen-bond acceptors (Lipinski definition) is 5. The molecule has 3 rings (SSSR count). The number of benzene rings is 2.